The highest BCUT2D eigenvalue weighted by Gasteiger charge is 2.20. The monoisotopic (exact) mass is 395 g/mol. The van der Waals surface area contributed by atoms with Gasteiger partial charge in [0.2, 0.25) is 5.88 Å². The summed E-state index contributed by atoms with van der Waals surface area (Å²) in [7, 11) is 0. The number of hydrogen-bond acceptors (Lipinski definition) is 5. The van der Waals surface area contributed by atoms with Crippen molar-refractivity contribution in [1.82, 2.24) is 24.9 Å². The Morgan fingerprint density at radius 1 is 0.900 bits per heavy atom. The van der Waals surface area contributed by atoms with Crippen LogP contribution in [0.25, 0.3) is 33.3 Å². The van der Waals surface area contributed by atoms with E-state index < -0.39 is 0 Å². The van der Waals surface area contributed by atoms with Gasteiger partial charge in [-0.05, 0) is 38.0 Å². The Balaban J connectivity index is 1.68. The number of imidazole rings is 1. The molecule has 0 saturated carbocycles. The van der Waals surface area contributed by atoms with Crippen molar-refractivity contribution in [1.29, 1.82) is 0 Å². The molecule has 3 heterocycles. The molecule has 5 rings (SSSR count). The minimum atomic E-state index is -0.285. The first-order chi connectivity index (χ1) is 14.6. The Morgan fingerprint density at radius 2 is 1.73 bits per heavy atom. The molecule has 0 aliphatic carbocycles. The second-order valence-electron chi connectivity index (χ2n) is 7.43. The molecule has 0 radical (unpaired) electrons. The van der Waals surface area contributed by atoms with E-state index in [9.17, 15) is 0 Å². The number of pyridine rings is 1. The minimum Gasteiger partial charge on any atom is -0.468 e. The Kier molecular flexibility index (Phi) is 4.39. The van der Waals surface area contributed by atoms with Gasteiger partial charge in [-0.3, -0.25) is 0 Å². The van der Waals surface area contributed by atoms with Crippen LogP contribution in [0.3, 0.4) is 0 Å². The largest absolute Gasteiger partial charge is 0.468 e. The number of fused-ring (bicyclic) bond motifs is 2. The number of nitrogens with zero attached hydrogens (tertiary/aromatic N) is 4. The number of para-hydroxylation sites is 1. The fraction of sp³-hybridized carbons (Fsp3) is 0.167. The topological polar surface area (TPSA) is 76.6 Å². The van der Waals surface area contributed by atoms with Crippen molar-refractivity contribution < 1.29 is 4.74 Å². The number of aromatic nitrogens is 5. The fourth-order valence-corrected chi connectivity index (χ4v) is 3.79. The Labute approximate surface area is 174 Å². The zero-order chi connectivity index (χ0) is 20.7. The van der Waals surface area contributed by atoms with Crippen LogP contribution in [0.5, 0.6) is 5.88 Å². The van der Waals surface area contributed by atoms with Gasteiger partial charge in [0.25, 0.3) is 0 Å². The zero-order valence-electron chi connectivity index (χ0n) is 17.0. The summed E-state index contributed by atoms with van der Waals surface area (Å²) in [6, 6.07) is 16.7. The fourth-order valence-electron chi connectivity index (χ4n) is 3.79. The first-order valence-electron chi connectivity index (χ1n) is 9.89. The molecular weight excluding hydrogens is 374 g/mol. The van der Waals surface area contributed by atoms with Gasteiger partial charge in [0, 0.05) is 16.5 Å². The maximum absolute atomic E-state index is 6.28. The van der Waals surface area contributed by atoms with E-state index in [4.69, 9.17) is 9.72 Å². The number of hydrogen-bond donors (Lipinski definition) is 1. The molecule has 1 atom stereocenters. The van der Waals surface area contributed by atoms with Gasteiger partial charge in [0.1, 0.15) is 12.4 Å². The lowest BCUT2D eigenvalue weighted by Gasteiger charge is -2.19. The lowest BCUT2D eigenvalue weighted by atomic mass is 9.96. The highest BCUT2D eigenvalue weighted by molar-refractivity contribution is 5.86. The molecule has 5 aromatic rings. The highest BCUT2D eigenvalue weighted by atomic mass is 16.5. The second-order valence-corrected chi connectivity index (χ2v) is 7.43. The van der Waals surface area contributed by atoms with Crippen molar-refractivity contribution in [3.05, 3.63) is 77.9 Å². The Morgan fingerprint density at radius 3 is 2.60 bits per heavy atom. The summed E-state index contributed by atoms with van der Waals surface area (Å²) >= 11 is 0. The lowest BCUT2D eigenvalue weighted by molar-refractivity contribution is 0.220. The van der Waals surface area contributed by atoms with Crippen LogP contribution in [0.4, 0.5) is 0 Å². The molecule has 0 bridgehead atoms. The molecule has 0 aliphatic rings. The number of aromatic amines is 1. The van der Waals surface area contributed by atoms with Crippen molar-refractivity contribution in [2.24, 2.45) is 0 Å². The smallest absolute Gasteiger partial charge is 0.246 e. The van der Waals surface area contributed by atoms with Crippen LogP contribution in [0.2, 0.25) is 0 Å². The average Bonchev–Trinajstić information content (AvgIpc) is 3.24. The number of rotatable bonds is 4. The Bertz CT molecular complexity index is 1370. The minimum absolute atomic E-state index is 0.285. The lowest BCUT2D eigenvalue weighted by Crippen LogP contribution is -2.08. The molecule has 0 amide bonds. The van der Waals surface area contributed by atoms with Gasteiger partial charge in [0.05, 0.1) is 17.5 Å². The van der Waals surface area contributed by atoms with E-state index in [0.29, 0.717) is 17.0 Å². The molecule has 6 nitrogen and oxygen atoms in total. The third kappa shape index (κ3) is 3.06. The van der Waals surface area contributed by atoms with Gasteiger partial charge in [-0.2, -0.15) is 4.98 Å². The molecule has 0 spiro atoms. The number of benzene rings is 2. The first kappa shape index (κ1) is 18.2. The van der Waals surface area contributed by atoms with Gasteiger partial charge in [0.15, 0.2) is 11.2 Å². The van der Waals surface area contributed by atoms with Crippen LogP contribution in [-0.2, 0) is 0 Å². The van der Waals surface area contributed by atoms with Crippen LogP contribution in [0.1, 0.15) is 29.7 Å². The molecular formula is C24H21N5O. The summed E-state index contributed by atoms with van der Waals surface area (Å²) in [4.78, 5) is 20.9. The van der Waals surface area contributed by atoms with Crippen LogP contribution < -0.4 is 4.74 Å². The SMILES string of the molecule is Cc1ccccc1-c1nc2c(C)cccc2cc1C(C)Oc1ncnc2[nH]cnc12. The summed E-state index contributed by atoms with van der Waals surface area (Å²) in [5.74, 6) is 0.453. The average molecular weight is 395 g/mol. The molecule has 0 saturated heterocycles. The predicted molar refractivity (Wildman–Crippen MR) is 117 cm³/mol. The number of nitrogens with one attached hydrogen (secondary N) is 1. The van der Waals surface area contributed by atoms with Gasteiger partial charge in [-0.25, -0.2) is 15.0 Å². The quantitative estimate of drug-likeness (QED) is 0.445. The standard InChI is InChI=1S/C24H21N5O/c1-14-7-4-5-10-18(14)21-19(11-17-9-6-8-15(2)20(17)29-21)16(3)30-24-22-23(26-12-25-22)27-13-28-24/h4-13,16H,1-3H3,(H,25,26,27,28). The molecule has 148 valence electrons. The number of aryl methyl sites for hydroxylation is 2. The van der Waals surface area contributed by atoms with E-state index in [1.54, 1.807) is 6.33 Å². The third-order valence-electron chi connectivity index (χ3n) is 5.39. The van der Waals surface area contributed by atoms with Crippen molar-refractivity contribution in [3.8, 4) is 17.1 Å². The van der Waals surface area contributed by atoms with E-state index in [1.807, 2.05) is 19.1 Å². The van der Waals surface area contributed by atoms with E-state index in [2.05, 4.69) is 70.2 Å². The molecule has 2 aromatic carbocycles. The van der Waals surface area contributed by atoms with Crippen molar-refractivity contribution in [2.75, 3.05) is 0 Å². The van der Waals surface area contributed by atoms with E-state index in [1.165, 1.54) is 11.9 Å². The summed E-state index contributed by atoms with van der Waals surface area (Å²) in [6.07, 6.45) is 2.79. The maximum atomic E-state index is 6.28. The molecule has 0 fully saturated rings. The molecule has 1 N–H and O–H groups in total. The summed E-state index contributed by atoms with van der Waals surface area (Å²) < 4.78 is 6.28. The predicted octanol–water partition coefficient (Wildman–Crippen LogP) is 5.32. The highest BCUT2D eigenvalue weighted by Crippen LogP contribution is 2.35. The van der Waals surface area contributed by atoms with Crippen LogP contribution in [0.15, 0.2) is 61.2 Å². The van der Waals surface area contributed by atoms with Gasteiger partial charge < -0.3 is 9.72 Å². The summed E-state index contributed by atoms with van der Waals surface area (Å²) in [5.41, 5.74) is 7.62. The van der Waals surface area contributed by atoms with E-state index in [0.717, 1.165) is 33.3 Å². The first-order valence-corrected chi connectivity index (χ1v) is 9.89. The number of H-pyrrole nitrogens is 1. The van der Waals surface area contributed by atoms with Crippen molar-refractivity contribution in [2.45, 2.75) is 26.9 Å². The summed E-state index contributed by atoms with van der Waals surface area (Å²) in [6.45, 7) is 6.21. The summed E-state index contributed by atoms with van der Waals surface area (Å²) in [5, 5.41) is 1.09. The van der Waals surface area contributed by atoms with Crippen molar-refractivity contribution >= 4 is 22.1 Å². The molecule has 6 heteroatoms. The second kappa shape index (κ2) is 7.22. The van der Waals surface area contributed by atoms with Crippen molar-refractivity contribution in [3.63, 3.8) is 0 Å². The molecule has 0 aliphatic heterocycles. The third-order valence-corrected chi connectivity index (χ3v) is 5.39. The molecule has 1 unspecified atom stereocenters. The molecule has 30 heavy (non-hydrogen) atoms. The van der Waals surface area contributed by atoms with Crippen LogP contribution in [-0.4, -0.2) is 24.9 Å². The number of ether oxygens (including phenoxy) is 1. The normalized spacial score (nSPS) is 12.4. The van der Waals surface area contributed by atoms with E-state index in [-0.39, 0.29) is 6.10 Å². The maximum Gasteiger partial charge on any atom is 0.246 e. The van der Waals surface area contributed by atoms with Gasteiger partial charge in [-0.15, -0.1) is 0 Å². The van der Waals surface area contributed by atoms with Crippen LogP contribution in [0, 0.1) is 13.8 Å². The zero-order valence-corrected chi connectivity index (χ0v) is 17.0. The van der Waals surface area contributed by atoms with Gasteiger partial charge in [-0.1, -0.05) is 42.5 Å². The Hall–Kier alpha value is -3.80. The van der Waals surface area contributed by atoms with Crippen LogP contribution >= 0.6 is 0 Å². The molecule has 3 aromatic heterocycles. The van der Waals surface area contributed by atoms with Gasteiger partial charge >= 0.3 is 0 Å². The van der Waals surface area contributed by atoms with E-state index >= 15 is 0 Å².